The highest BCUT2D eigenvalue weighted by Gasteiger charge is 2.54. The second-order valence-electron chi connectivity index (χ2n) is 7.30. The van der Waals surface area contributed by atoms with Crippen LogP contribution in [0.4, 0.5) is 0 Å². The standard InChI is InChI=1S/C18H19N3O4/c1-18(2)15(22)14(12-6-9(8-19)4-5-13(12)25-18)24-16-10-7-11(10)17(23)21(3)20-16/h4-6,10-11,14-15,22H,7H2,1-3H3/t10?,11?,14-,15+/m1/s1. The van der Waals surface area contributed by atoms with E-state index in [0.717, 1.165) is 6.42 Å². The molecule has 7 heteroatoms. The Labute approximate surface area is 145 Å². The first-order valence-electron chi connectivity index (χ1n) is 8.25. The molecule has 1 aliphatic carbocycles. The number of fused-ring (bicyclic) bond motifs is 2. The van der Waals surface area contributed by atoms with E-state index in [0.29, 0.717) is 22.8 Å². The van der Waals surface area contributed by atoms with E-state index in [1.54, 1.807) is 39.1 Å². The van der Waals surface area contributed by atoms with E-state index in [9.17, 15) is 9.90 Å². The van der Waals surface area contributed by atoms with Gasteiger partial charge >= 0.3 is 0 Å². The van der Waals surface area contributed by atoms with Crippen LogP contribution in [0.1, 0.15) is 37.5 Å². The van der Waals surface area contributed by atoms with E-state index < -0.39 is 17.8 Å². The van der Waals surface area contributed by atoms with Crippen LogP contribution in [0, 0.1) is 23.2 Å². The van der Waals surface area contributed by atoms with Crippen molar-refractivity contribution in [1.82, 2.24) is 5.01 Å². The molecule has 0 spiro atoms. The molecule has 25 heavy (non-hydrogen) atoms. The van der Waals surface area contributed by atoms with Gasteiger partial charge in [0.15, 0.2) is 6.10 Å². The number of benzene rings is 1. The number of carbonyl (C=O) groups excluding carboxylic acids is 1. The van der Waals surface area contributed by atoms with Crippen LogP contribution < -0.4 is 4.74 Å². The Morgan fingerprint density at radius 1 is 1.44 bits per heavy atom. The number of nitriles is 1. The smallest absolute Gasteiger partial charge is 0.246 e. The van der Waals surface area contributed by atoms with Crippen LogP contribution in [0.15, 0.2) is 23.3 Å². The maximum absolute atomic E-state index is 11.9. The van der Waals surface area contributed by atoms with Crippen molar-refractivity contribution in [2.24, 2.45) is 16.9 Å². The summed E-state index contributed by atoms with van der Waals surface area (Å²) in [5.74, 6) is 0.934. The molecule has 1 aromatic rings. The summed E-state index contributed by atoms with van der Waals surface area (Å²) in [5, 5.41) is 25.5. The zero-order valence-electron chi connectivity index (χ0n) is 14.3. The third kappa shape index (κ3) is 2.45. The summed E-state index contributed by atoms with van der Waals surface area (Å²) in [5.41, 5.74) is 0.224. The average Bonchev–Trinajstić information content (AvgIpc) is 3.37. The Kier molecular flexibility index (Phi) is 3.31. The second kappa shape index (κ2) is 5.20. The van der Waals surface area contributed by atoms with Gasteiger partial charge in [-0.15, -0.1) is 5.10 Å². The number of amides is 1. The maximum Gasteiger partial charge on any atom is 0.246 e. The van der Waals surface area contributed by atoms with Crippen molar-refractivity contribution in [3.63, 3.8) is 0 Å². The Bertz CT molecular complexity index is 826. The first-order valence-corrected chi connectivity index (χ1v) is 8.25. The third-order valence-corrected chi connectivity index (χ3v) is 5.06. The van der Waals surface area contributed by atoms with Crippen molar-refractivity contribution in [2.45, 2.75) is 38.1 Å². The molecule has 0 radical (unpaired) electrons. The molecule has 1 aromatic carbocycles. The van der Waals surface area contributed by atoms with Crippen LogP contribution in [-0.2, 0) is 9.53 Å². The highest BCUT2D eigenvalue weighted by molar-refractivity contribution is 5.96. The van der Waals surface area contributed by atoms with Gasteiger partial charge in [0.2, 0.25) is 11.8 Å². The number of aliphatic hydroxyl groups is 1. The van der Waals surface area contributed by atoms with Crippen LogP contribution in [0.3, 0.4) is 0 Å². The molecule has 2 aliphatic heterocycles. The fraction of sp³-hybridized carbons (Fsp3) is 0.500. The Morgan fingerprint density at radius 2 is 2.20 bits per heavy atom. The van der Waals surface area contributed by atoms with Gasteiger partial charge in [-0.1, -0.05) is 0 Å². The minimum absolute atomic E-state index is 0.00243. The molecule has 2 heterocycles. The Morgan fingerprint density at radius 3 is 2.92 bits per heavy atom. The van der Waals surface area contributed by atoms with Gasteiger partial charge in [-0.2, -0.15) is 5.26 Å². The zero-order valence-corrected chi connectivity index (χ0v) is 14.3. The SMILES string of the molecule is CN1N=C(O[C@@H]2c3cc(C#N)ccc3OC(C)(C)[C@H]2O)C2CC2C1=O. The number of ether oxygens (including phenoxy) is 2. The molecule has 1 amide bonds. The summed E-state index contributed by atoms with van der Waals surface area (Å²) >= 11 is 0. The highest BCUT2D eigenvalue weighted by Crippen LogP contribution is 2.48. The molecule has 2 unspecified atom stereocenters. The van der Waals surface area contributed by atoms with Crippen LogP contribution in [0.5, 0.6) is 5.75 Å². The topological polar surface area (TPSA) is 95.2 Å². The molecule has 3 aliphatic rings. The Hall–Kier alpha value is -2.59. The molecular weight excluding hydrogens is 322 g/mol. The van der Waals surface area contributed by atoms with E-state index in [-0.39, 0.29) is 17.7 Å². The van der Waals surface area contributed by atoms with E-state index in [2.05, 4.69) is 11.2 Å². The molecule has 0 bridgehead atoms. The van der Waals surface area contributed by atoms with Crippen LogP contribution >= 0.6 is 0 Å². The number of hydrogen-bond acceptors (Lipinski definition) is 6. The normalized spacial score (nSPS) is 31.9. The zero-order chi connectivity index (χ0) is 17.9. The van der Waals surface area contributed by atoms with Crippen molar-refractivity contribution in [3.05, 3.63) is 29.3 Å². The molecule has 4 rings (SSSR count). The lowest BCUT2D eigenvalue weighted by atomic mass is 9.87. The molecule has 1 saturated carbocycles. The van der Waals surface area contributed by atoms with Gasteiger partial charge in [0, 0.05) is 18.5 Å². The number of carbonyl (C=O) groups is 1. The molecule has 1 fully saturated rings. The Balaban J connectivity index is 1.72. The minimum atomic E-state index is -0.947. The quantitative estimate of drug-likeness (QED) is 0.836. The number of hydrazone groups is 1. The lowest BCUT2D eigenvalue weighted by Crippen LogP contribution is -2.50. The molecule has 0 saturated heterocycles. The number of hydrogen-bond donors (Lipinski definition) is 1. The summed E-state index contributed by atoms with van der Waals surface area (Å²) in [6.07, 6.45) is -0.944. The van der Waals surface area contributed by atoms with Crippen LogP contribution in [-0.4, -0.2) is 40.7 Å². The first kappa shape index (κ1) is 15.9. The lowest BCUT2D eigenvalue weighted by Gasteiger charge is -2.42. The summed E-state index contributed by atoms with van der Waals surface area (Å²) in [7, 11) is 1.60. The van der Waals surface area contributed by atoms with Gasteiger partial charge in [0.05, 0.1) is 17.6 Å². The monoisotopic (exact) mass is 341 g/mol. The van der Waals surface area contributed by atoms with Gasteiger partial charge in [0.1, 0.15) is 17.5 Å². The van der Waals surface area contributed by atoms with Crippen molar-refractivity contribution in [1.29, 1.82) is 5.26 Å². The minimum Gasteiger partial charge on any atom is -0.485 e. The predicted octanol–water partition coefficient (Wildman–Crippen LogP) is 1.57. The van der Waals surface area contributed by atoms with E-state index in [1.807, 2.05) is 0 Å². The first-order chi connectivity index (χ1) is 11.8. The fourth-order valence-corrected chi connectivity index (χ4v) is 3.43. The number of nitrogens with zero attached hydrogens (tertiary/aromatic N) is 3. The predicted molar refractivity (Wildman–Crippen MR) is 87.5 cm³/mol. The van der Waals surface area contributed by atoms with Crippen molar-refractivity contribution in [2.75, 3.05) is 7.05 Å². The molecule has 4 atom stereocenters. The summed E-state index contributed by atoms with van der Waals surface area (Å²) in [4.78, 5) is 11.9. The van der Waals surface area contributed by atoms with Gasteiger partial charge in [-0.05, 0) is 38.5 Å². The molecule has 1 N–H and O–H groups in total. The van der Waals surface area contributed by atoms with Crippen LogP contribution in [0.2, 0.25) is 0 Å². The van der Waals surface area contributed by atoms with Crippen LogP contribution in [0.25, 0.3) is 0 Å². The van der Waals surface area contributed by atoms with Crippen molar-refractivity contribution in [3.8, 4) is 11.8 Å². The van der Waals surface area contributed by atoms with Gasteiger partial charge in [-0.3, -0.25) is 4.79 Å². The van der Waals surface area contributed by atoms with Crippen molar-refractivity contribution >= 4 is 11.8 Å². The summed E-state index contributed by atoms with van der Waals surface area (Å²) in [6.45, 7) is 3.57. The molecule has 7 nitrogen and oxygen atoms in total. The summed E-state index contributed by atoms with van der Waals surface area (Å²) in [6, 6.07) is 7.15. The van der Waals surface area contributed by atoms with Gasteiger partial charge < -0.3 is 14.6 Å². The second-order valence-corrected chi connectivity index (χ2v) is 7.30. The average molecular weight is 341 g/mol. The molecule has 130 valence electrons. The summed E-state index contributed by atoms with van der Waals surface area (Å²) < 4.78 is 12.0. The van der Waals surface area contributed by atoms with Gasteiger partial charge in [-0.25, -0.2) is 5.01 Å². The number of aliphatic hydroxyl groups excluding tert-OH is 1. The van der Waals surface area contributed by atoms with E-state index >= 15 is 0 Å². The van der Waals surface area contributed by atoms with E-state index in [4.69, 9.17) is 14.7 Å². The van der Waals surface area contributed by atoms with Crippen molar-refractivity contribution < 1.29 is 19.4 Å². The van der Waals surface area contributed by atoms with Gasteiger partial charge in [0.25, 0.3) is 0 Å². The maximum atomic E-state index is 11.9. The fourth-order valence-electron chi connectivity index (χ4n) is 3.43. The largest absolute Gasteiger partial charge is 0.485 e. The number of rotatable bonds is 1. The lowest BCUT2D eigenvalue weighted by molar-refractivity contribution is -0.133. The third-order valence-electron chi connectivity index (χ3n) is 5.06. The highest BCUT2D eigenvalue weighted by atomic mass is 16.5. The molecular formula is C18H19N3O4. The van der Waals surface area contributed by atoms with E-state index in [1.165, 1.54) is 5.01 Å². The molecule has 0 aromatic heterocycles.